The van der Waals surface area contributed by atoms with Crippen LogP contribution in [0.3, 0.4) is 0 Å². The minimum atomic E-state index is -3.84. The third-order valence-corrected chi connectivity index (χ3v) is 8.25. The van der Waals surface area contributed by atoms with Gasteiger partial charge in [-0.1, -0.05) is 74.0 Å². The second-order valence-electron chi connectivity index (χ2n) is 7.71. The summed E-state index contributed by atoms with van der Waals surface area (Å²) in [6, 6.07) is 19.1. The molecule has 0 heterocycles. The molecule has 0 unspecified atom stereocenters. The molecule has 0 aliphatic carbocycles. The molecule has 35 heavy (non-hydrogen) atoms. The number of halogens is 1. The Balaban J connectivity index is 1.75. The Bertz CT molecular complexity index is 1510. The predicted octanol–water partition coefficient (Wildman–Crippen LogP) is 6.03. The van der Waals surface area contributed by atoms with Gasteiger partial charge in [0, 0.05) is 35.5 Å². The number of nitrogens with one attached hydrogen (secondary N) is 1. The largest absolute Gasteiger partial charge is 0.295 e. The number of hydrazone groups is 1. The zero-order valence-electron chi connectivity index (χ0n) is 19.1. The Morgan fingerprint density at radius 1 is 0.971 bits per heavy atom. The summed E-state index contributed by atoms with van der Waals surface area (Å²) >= 11 is 6.64. The number of anilines is 1. The van der Waals surface area contributed by atoms with Crippen molar-refractivity contribution in [2.45, 2.75) is 18.7 Å². The average molecular weight is 511 g/mol. The SMILES string of the molecule is CCN(CC)S(=O)(=O)c1ccc(N/N=C\c2c3ccccc3c(Cl)c3ccccc23)c([N+](=O)[O-])c1. The Morgan fingerprint density at radius 2 is 1.51 bits per heavy atom. The highest BCUT2D eigenvalue weighted by atomic mass is 35.5. The molecule has 8 nitrogen and oxygen atoms in total. The van der Waals surface area contributed by atoms with Crippen molar-refractivity contribution in [1.82, 2.24) is 4.31 Å². The van der Waals surface area contributed by atoms with Crippen molar-refractivity contribution in [1.29, 1.82) is 0 Å². The molecule has 0 spiro atoms. The van der Waals surface area contributed by atoms with E-state index in [4.69, 9.17) is 11.6 Å². The second kappa shape index (κ2) is 9.99. The summed E-state index contributed by atoms with van der Waals surface area (Å²) in [6.07, 6.45) is 1.59. The van der Waals surface area contributed by atoms with Crippen LogP contribution >= 0.6 is 11.6 Å². The van der Waals surface area contributed by atoms with Gasteiger partial charge in [-0.05, 0) is 22.9 Å². The number of nitro benzene ring substituents is 1. The van der Waals surface area contributed by atoms with Crippen LogP contribution in [0.4, 0.5) is 11.4 Å². The molecule has 0 saturated heterocycles. The van der Waals surface area contributed by atoms with E-state index in [0.717, 1.165) is 33.2 Å². The zero-order valence-corrected chi connectivity index (χ0v) is 20.7. The van der Waals surface area contributed by atoms with E-state index in [1.54, 1.807) is 20.1 Å². The van der Waals surface area contributed by atoms with Crippen molar-refractivity contribution < 1.29 is 13.3 Å². The normalized spacial score (nSPS) is 12.1. The van der Waals surface area contributed by atoms with Crippen molar-refractivity contribution in [3.8, 4) is 0 Å². The first-order valence-electron chi connectivity index (χ1n) is 11.0. The number of hydrogen-bond acceptors (Lipinski definition) is 6. The minimum absolute atomic E-state index is 0.0762. The fourth-order valence-corrected chi connectivity index (χ4v) is 5.85. The molecular weight excluding hydrogens is 488 g/mol. The van der Waals surface area contributed by atoms with Crippen LogP contribution in [-0.2, 0) is 10.0 Å². The molecule has 4 aromatic carbocycles. The van der Waals surface area contributed by atoms with E-state index >= 15 is 0 Å². The van der Waals surface area contributed by atoms with E-state index in [9.17, 15) is 18.5 Å². The number of rotatable bonds is 8. The highest BCUT2D eigenvalue weighted by molar-refractivity contribution is 7.89. The van der Waals surface area contributed by atoms with Gasteiger partial charge in [-0.15, -0.1) is 0 Å². The van der Waals surface area contributed by atoms with Crippen molar-refractivity contribution in [3.05, 3.63) is 87.4 Å². The molecule has 4 rings (SSSR count). The summed E-state index contributed by atoms with van der Waals surface area (Å²) in [5, 5.41) is 20.1. The molecule has 4 aromatic rings. The van der Waals surface area contributed by atoms with Crippen LogP contribution in [0.2, 0.25) is 5.02 Å². The number of nitro groups is 1. The highest BCUT2D eigenvalue weighted by Crippen LogP contribution is 2.35. The van der Waals surface area contributed by atoms with Gasteiger partial charge >= 0.3 is 0 Å². The molecule has 0 radical (unpaired) electrons. The first-order chi connectivity index (χ1) is 16.8. The van der Waals surface area contributed by atoms with Gasteiger partial charge in [0.25, 0.3) is 5.69 Å². The van der Waals surface area contributed by atoms with Crippen molar-refractivity contribution in [3.63, 3.8) is 0 Å². The molecule has 0 fully saturated rings. The fraction of sp³-hybridized carbons (Fsp3) is 0.160. The van der Waals surface area contributed by atoms with Gasteiger partial charge in [-0.25, -0.2) is 8.42 Å². The quantitative estimate of drug-likeness (QED) is 0.135. The van der Waals surface area contributed by atoms with E-state index in [2.05, 4.69) is 10.5 Å². The second-order valence-corrected chi connectivity index (χ2v) is 10.0. The first-order valence-corrected chi connectivity index (χ1v) is 12.8. The molecule has 0 amide bonds. The number of benzene rings is 4. The maximum absolute atomic E-state index is 12.8. The summed E-state index contributed by atoms with van der Waals surface area (Å²) < 4.78 is 26.8. The number of fused-ring (bicyclic) bond motifs is 2. The van der Waals surface area contributed by atoms with Crippen LogP contribution in [-0.4, -0.2) is 37.0 Å². The van der Waals surface area contributed by atoms with E-state index < -0.39 is 14.9 Å². The van der Waals surface area contributed by atoms with Gasteiger partial charge in [-0.2, -0.15) is 9.41 Å². The molecule has 0 aliphatic heterocycles. The van der Waals surface area contributed by atoms with E-state index in [1.807, 2.05) is 48.5 Å². The number of sulfonamides is 1. The average Bonchev–Trinajstić information content (AvgIpc) is 2.86. The van der Waals surface area contributed by atoms with Gasteiger partial charge < -0.3 is 0 Å². The fourth-order valence-electron chi connectivity index (χ4n) is 4.04. The lowest BCUT2D eigenvalue weighted by molar-refractivity contribution is -0.384. The summed E-state index contributed by atoms with van der Waals surface area (Å²) in [6.45, 7) is 3.95. The summed E-state index contributed by atoms with van der Waals surface area (Å²) in [5.41, 5.74) is 3.20. The van der Waals surface area contributed by atoms with Crippen LogP contribution in [0.1, 0.15) is 19.4 Å². The lowest BCUT2D eigenvalue weighted by atomic mass is 9.97. The van der Waals surface area contributed by atoms with Gasteiger partial charge in [0.05, 0.1) is 21.1 Å². The van der Waals surface area contributed by atoms with E-state index in [-0.39, 0.29) is 29.4 Å². The Kier molecular flexibility index (Phi) is 7.02. The minimum Gasteiger partial charge on any atom is -0.272 e. The van der Waals surface area contributed by atoms with Gasteiger partial charge in [0.2, 0.25) is 10.0 Å². The Hall–Kier alpha value is -3.53. The van der Waals surface area contributed by atoms with Crippen molar-refractivity contribution in [2.75, 3.05) is 18.5 Å². The molecule has 0 bridgehead atoms. The maximum Gasteiger partial charge on any atom is 0.295 e. The lowest BCUT2D eigenvalue weighted by Gasteiger charge is -2.18. The zero-order chi connectivity index (χ0) is 25.2. The number of nitrogens with zero attached hydrogens (tertiary/aromatic N) is 3. The van der Waals surface area contributed by atoms with Gasteiger partial charge in [0.1, 0.15) is 5.69 Å². The molecule has 0 saturated carbocycles. The Labute approximate surface area is 208 Å². The van der Waals surface area contributed by atoms with Crippen LogP contribution in [0, 0.1) is 10.1 Å². The van der Waals surface area contributed by atoms with Crippen LogP contribution < -0.4 is 5.43 Å². The van der Waals surface area contributed by atoms with Crippen LogP contribution in [0.5, 0.6) is 0 Å². The smallest absolute Gasteiger partial charge is 0.272 e. The van der Waals surface area contributed by atoms with E-state index in [0.29, 0.717) is 5.02 Å². The van der Waals surface area contributed by atoms with Gasteiger partial charge in [0.15, 0.2) is 0 Å². The van der Waals surface area contributed by atoms with Gasteiger partial charge in [-0.3, -0.25) is 15.5 Å². The molecule has 1 N–H and O–H groups in total. The maximum atomic E-state index is 12.8. The van der Waals surface area contributed by atoms with Crippen LogP contribution in [0.25, 0.3) is 21.5 Å². The third kappa shape index (κ3) is 4.58. The molecule has 0 aromatic heterocycles. The first kappa shape index (κ1) is 24.6. The summed E-state index contributed by atoms with van der Waals surface area (Å²) in [7, 11) is -3.84. The molecule has 0 atom stereocenters. The molecular formula is C25H23ClN4O4S. The summed E-state index contributed by atoms with van der Waals surface area (Å²) in [5.74, 6) is 0. The van der Waals surface area contributed by atoms with Crippen LogP contribution in [0.15, 0.2) is 76.7 Å². The number of hydrogen-bond donors (Lipinski definition) is 1. The standard InChI is InChI=1S/C25H23ClN4O4S/c1-3-29(4-2)35(33,34)17-13-14-23(24(15-17)30(31)32)28-27-16-22-18-9-5-7-11-20(18)25(26)21-12-8-6-10-19(21)22/h5-16,28H,3-4H2,1-2H3/b27-16-. The third-order valence-electron chi connectivity index (χ3n) is 5.80. The van der Waals surface area contributed by atoms with Crippen molar-refractivity contribution >= 4 is 60.8 Å². The molecule has 180 valence electrons. The predicted molar refractivity (Wildman–Crippen MR) is 141 cm³/mol. The molecule has 10 heteroatoms. The topological polar surface area (TPSA) is 105 Å². The lowest BCUT2D eigenvalue weighted by Crippen LogP contribution is -2.30. The monoisotopic (exact) mass is 510 g/mol. The highest BCUT2D eigenvalue weighted by Gasteiger charge is 2.25. The van der Waals surface area contributed by atoms with Crippen molar-refractivity contribution in [2.24, 2.45) is 5.10 Å². The van der Waals surface area contributed by atoms with E-state index in [1.165, 1.54) is 16.4 Å². The summed E-state index contributed by atoms with van der Waals surface area (Å²) in [4.78, 5) is 10.9. The molecule has 0 aliphatic rings. The Morgan fingerprint density at radius 3 is 2.03 bits per heavy atom.